The summed E-state index contributed by atoms with van der Waals surface area (Å²) in [4.78, 5) is 56.2. The highest BCUT2D eigenvalue weighted by molar-refractivity contribution is 6.31. The predicted octanol–water partition coefficient (Wildman–Crippen LogP) is 0.660. The monoisotopic (exact) mass is 460 g/mol. The van der Waals surface area contributed by atoms with E-state index in [4.69, 9.17) is 5.11 Å². The van der Waals surface area contributed by atoms with E-state index in [9.17, 15) is 34.4 Å². The highest BCUT2D eigenvalue weighted by atomic mass is 16.5. The molecule has 0 bridgehead atoms. The number of carboxylic acid groups (broad SMARTS) is 1. The van der Waals surface area contributed by atoms with E-state index in [1.807, 2.05) is 6.92 Å². The number of nitrogens with zero attached hydrogens (tertiary/aromatic N) is 2. The average Bonchev–Trinajstić information content (AvgIpc) is 2.75. The molecular weight excluding hydrogens is 424 g/mol. The van der Waals surface area contributed by atoms with Crippen molar-refractivity contribution in [1.29, 1.82) is 0 Å². The normalized spacial score (nSPS) is 10.3. The molecule has 4 amide bonds. The van der Waals surface area contributed by atoms with E-state index in [-0.39, 0.29) is 42.8 Å². The summed E-state index contributed by atoms with van der Waals surface area (Å²) in [6.45, 7) is 2.88. The summed E-state index contributed by atoms with van der Waals surface area (Å²) in [6.07, 6.45) is 4.69. The summed E-state index contributed by atoms with van der Waals surface area (Å²) in [5.74, 6) is -3.98. The highest BCUT2D eigenvalue weighted by Gasteiger charge is 2.18. The Bertz CT molecular complexity index is 614. The van der Waals surface area contributed by atoms with Crippen molar-refractivity contribution in [1.82, 2.24) is 20.8 Å². The first-order valence-corrected chi connectivity index (χ1v) is 10.9. The van der Waals surface area contributed by atoms with Crippen LogP contribution in [-0.2, 0) is 24.0 Å². The molecule has 0 spiro atoms. The van der Waals surface area contributed by atoms with Crippen LogP contribution in [0.3, 0.4) is 0 Å². The van der Waals surface area contributed by atoms with Crippen LogP contribution in [0.4, 0.5) is 0 Å². The number of rotatable bonds is 17. The fraction of sp³-hybridized carbons (Fsp3) is 0.750. The minimum Gasteiger partial charge on any atom is -0.474 e. The van der Waals surface area contributed by atoms with Crippen molar-refractivity contribution in [3.63, 3.8) is 0 Å². The Balaban J connectivity index is 3.71. The molecule has 12 nitrogen and oxygen atoms in total. The summed E-state index contributed by atoms with van der Waals surface area (Å²) in [6, 6.07) is 0. The lowest BCUT2D eigenvalue weighted by atomic mass is 10.2. The van der Waals surface area contributed by atoms with Crippen LogP contribution in [0.5, 0.6) is 0 Å². The van der Waals surface area contributed by atoms with Crippen molar-refractivity contribution in [3.8, 4) is 0 Å². The molecule has 0 rings (SSSR count). The third-order valence-electron chi connectivity index (χ3n) is 4.49. The summed E-state index contributed by atoms with van der Waals surface area (Å²) in [7, 11) is 0. The first-order valence-electron chi connectivity index (χ1n) is 10.9. The number of hydrogen-bond acceptors (Lipinski definition) is 7. The summed E-state index contributed by atoms with van der Waals surface area (Å²) in [5, 5.41) is 33.5. The third kappa shape index (κ3) is 15.1. The van der Waals surface area contributed by atoms with E-state index >= 15 is 0 Å². The summed E-state index contributed by atoms with van der Waals surface area (Å²) >= 11 is 0. The Hall–Kier alpha value is -2.73. The molecule has 0 aromatic heterocycles. The fourth-order valence-corrected chi connectivity index (χ4v) is 2.67. The van der Waals surface area contributed by atoms with Crippen LogP contribution in [0, 0.1) is 0 Å². The molecule has 184 valence electrons. The van der Waals surface area contributed by atoms with Crippen molar-refractivity contribution in [2.24, 2.45) is 0 Å². The second-order valence-electron chi connectivity index (χ2n) is 7.32. The van der Waals surface area contributed by atoms with Gasteiger partial charge in [0, 0.05) is 45.4 Å². The van der Waals surface area contributed by atoms with Gasteiger partial charge in [0.1, 0.15) is 0 Å². The molecule has 0 fully saturated rings. The van der Waals surface area contributed by atoms with Crippen LogP contribution in [0.15, 0.2) is 0 Å². The lowest BCUT2D eigenvalue weighted by Gasteiger charge is -2.15. The molecule has 0 aromatic rings. The van der Waals surface area contributed by atoms with Gasteiger partial charge in [0.2, 0.25) is 17.7 Å². The predicted molar refractivity (Wildman–Crippen MR) is 112 cm³/mol. The van der Waals surface area contributed by atoms with Crippen molar-refractivity contribution in [2.75, 3.05) is 26.2 Å². The molecule has 12 heteroatoms. The zero-order chi connectivity index (χ0) is 24.4. The van der Waals surface area contributed by atoms with Gasteiger partial charge in [-0.2, -0.15) is 0 Å². The SMILES string of the molecule is CCCC(=O)NCCCCCN(O)C(=O)CCC(=O)NCCCCCN(O)C(=O)C(=O)O. The second kappa shape index (κ2) is 17.9. The van der Waals surface area contributed by atoms with Crippen molar-refractivity contribution in [3.05, 3.63) is 0 Å². The molecule has 0 radical (unpaired) electrons. The minimum absolute atomic E-state index is 0.0220. The van der Waals surface area contributed by atoms with Crippen LogP contribution in [0.2, 0.25) is 0 Å². The number of amides is 4. The van der Waals surface area contributed by atoms with Crippen LogP contribution in [-0.4, -0.2) is 81.4 Å². The lowest BCUT2D eigenvalue weighted by molar-refractivity contribution is -0.177. The van der Waals surface area contributed by atoms with Crippen LogP contribution in [0.1, 0.15) is 71.1 Å². The maximum absolute atomic E-state index is 11.9. The fourth-order valence-electron chi connectivity index (χ4n) is 2.67. The number of hydrogen-bond donors (Lipinski definition) is 5. The minimum atomic E-state index is -1.73. The molecule has 0 heterocycles. The van der Waals surface area contributed by atoms with Crippen molar-refractivity contribution < 1.29 is 39.5 Å². The number of nitrogens with one attached hydrogen (secondary N) is 2. The topological polar surface area (TPSA) is 177 Å². The third-order valence-corrected chi connectivity index (χ3v) is 4.49. The van der Waals surface area contributed by atoms with Crippen molar-refractivity contribution >= 4 is 29.6 Å². The number of carboxylic acids is 1. The molecule has 32 heavy (non-hydrogen) atoms. The van der Waals surface area contributed by atoms with Gasteiger partial charge in [0.15, 0.2) is 0 Å². The van der Waals surface area contributed by atoms with Gasteiger partial charge in [0.25, 0.3) is 0 Å². The molecule has 0 atom stereocenters. The zero-order valence-electron chi connectivity index (χ0n) is 18.7. The van der Waals surface area contributed by atoms with Gasteiger partial charge in [0.05, 0.1) is 0 Å². The first-order chi connectivity index (χ1) is 15.2. The van der Waals surface area contributed by atoms with Gasteiger partial charge >= 0.3 is 11.9 Å². The maximum Gasteiger partial charge on any atom is 0.396 e. The quantitative estimate of drug-likeness (QED) is 0.0909. The first kappa shape index (κ1) is 29.3. The van der Waals surface area contributed by atoms with Crippen molar-refractivity contribution in [2.45, 2.75) is 71.1 Å². The average molecular weight is 461 g/mol. The number of unbranched alkanes of at least 4 members (excludes halogenated alkanes) is 4. The molecular formula is C20H36N4O8. The Morgan fingerprint density at radius 1 is 0.688 bits per heavy atom. The van der Waals surface area contributed by atoms with Crippen LogP contribution in [0.25, 0.3) is 0 Å². The Labute approximate surface area is 187 Å². The number of carbonyl (C=O) groups is 5. The van der Waals surface area contributed by atoms with Gasteiger partial charge in [-0.1, -0.05) is 6.92 Å². The largest absolute Gasteiger partial charge is 0.474 e. The van der Waals surface area contributed by atoms with E-state index < -0.39 is 17.8 Å². The molecule has 5 N–H and O–H groups in total. The Morgan fingerprint density at radius 3 is 1.69 bits per heavy atom. The van der Waals surface area contributed by atoms with Gasteiger partial charge in [-0.15, -0.1) is 0 Å². The van der Waals surface area contributed by atoms with E-state index in [0.717, 1.165) is 19.3 Å². The van der Waals surface area contributed by atoms with Gasteiger partial charge < -0.3 is 15.7 Å². The molecule has 0 saturated heterocycles. The molecule has 0 aromatic carbocycles. The standard InChI is InChI=1S/C20H36N4O8/c1-2-9-16(25)21-12-5-3-7-14-23(31)18(27)11-10-17(26)22-13-6-4-8-15-24(32)19(28)20(29)30/h31-32H,2-15H2,1H3,(H,21,25)(H,22,26)(H,29,30). The summed E-state index contributed by atoms with van der Waals surface area (Å²) < 4.78 is 0. The second-order valence-corrected chi connectivity index (χ2v) is 7.32. The van der Waals surface area contributed by atoms with E-state index in [0.29, 0.717) is 50.3 Å². The smallest absolute Gasteiger partial charge is 0.396 e. The van der Waals surface area contributed by atoms with Crippen LogP contribution >= 0.6 is 0 Å². The number of aliphatic carboxylic acids is 1. The molecule has 0 aliphatic carbocycles. The Kier molecular flexibility index (Phi) is 16.4. The molecule has 0 aliphatic heterocycles. The van der Waals surface area contributed by atoms with E-state index in [1.54, 1.807) is 0 Å². The maximum atomic E-state index is 11.9. The van der Waals surface area contributed by atoms with Gasteiger partial charge in [-0.3, -0.25) is 29.6 Å². The molecule has 0 unspecified atom stereocenters. The molecule has 0 aliphatic rings. The molecule has 0 saturated carbocycles. The number of carbonyl (C=O) groups excluding carboxylic acids is 4. The lowest BCUT2D eigenvalue weighted by Crippen LogP contribution is -2.34. The van der Waals surface area contributed by atoms with Crippen LogP contribution < -0.4 is 10.6 Å². The van der Waals surface area contributed by atoms with E-state index in [2.05, 4.69) is 10.6 Å². The zero-order valence-corrected chi connectivity index (χ0v) is 18.7. The highest BCUT2D eigenvalue weighted by Crippen LogP contribution is 2.02. The summed E-state index contributed by atoms with van der Waals surface area (Å²) in [5.41, 5.74) is 0. The Morgan fingerprint density at radius 2 is 1.19 bits per heavy atom. The van der Waals surface area contributed by atoms with E-state index in [1.165, 1.54) is 0 Å². The van der Waals surface area contributed by atoms with Gasteiger partial charge in [-0.25, -0.2) is 14.9 Å². The van der Waals surface area contributed by atoms with Gasteiger partial charge in [-0.05, 0) is 44.9 Å². The number of hydroxylamine groups is 4.